The minimum atomic E-state index is -0.595. The maximum absolute atomic E-state index is 14.5. The van der Waals surface area contributed by atoms with E-state index in [-0.39, 0.29) is 36.7 Å². The molecule has 2 atom stereocenters. The van der Waals surface area contributed by atoms with Gasteiger partial charge in [-0.2, -0.15) is 0 Å². The third-order valence-corrected chi connectivity index (χ3v) is 7.73. The van der Waals surface area contributed by atoms with Crippen LogP contribution >= 0.6 is 11.3 Å². The summed E-state index contributed by atoms with van der Waals surface area (Å²) in [7, 11) is 0. The third-order valence-electron chi connectivity index (χ3n) is 6.73. The van der Waals surface area contributed by atoms with Crippen LogP contribution in [0.3, 0.4) is 0 Å². The van der Waals surface area contributed by atoms with Crippen LogP contribution in [0.15, 0.2) is 66.0 Å². The highest BCUT2D eigenvalue weighted by molar-refractivity contribution is 7.10. The quantitative estimate of drug-likeness (QED) is 0.442. The standard InChI is InChI=1S/C28H29FN2O4S/c29-24-11-5-4-10-22(24)28(33)30(17-21-9-6-15-34-21)18-27(32)31-14-12-26-23(13-16-36-26)25(31)19-35-20-7-2-1-3-8-20/h1-5,7-8,10-11,13,16,21,25H,6,9,12,14-15,17-19H2/t21-,25+/m0/s1. The van der Waals surface area contributed by atoms with Gasteiger partial charge in [0.15, 0.2) is 0 Å². The lowest BCUT2D eigenvalue weighted by Crippen LogP contribution is -2.49. The van der Waals surface area contributed by atoms with Crippen molar-refractivity contribution in [1.82, 2.24) is 9.80 Å². The maximum atomic E-state index is 14.5. The normalized spacial score (nSPS) is 19.1. The van der Waals surface area contributed by atoms with Crippen molar-refractivity contribution < 1.29 is 23.5 Å². The van der Waals surface area contributed by atoms with Crippen LogP contribution in [-0.4, -0.2) is 60.6 Å². The minimum Gasteiger partial charge on any atom is -0.491 e. The Bertz CT molecular complexity index is 1200. The zero-order valence-electron chi connectivity index (χ0n) is 20.0. The number of hydrogen-bond donors (Lipinski definition) is 0. The summed E-state index contributed by atoms with van der Waals surface area (Å²) >= 11 is 1.69. The molecule has 0 aliphatic carbocycles. The van der Waals surface area contributed by atoms with Gasteiger partial charge in [0.2, 0.25) is 5.91 Å². The summed E-state index contributed by atoms with van der Waals surface area (Å²) in [5.41, 5.74) is 1.05. The molecule has 5 rings (SSSR count). The van der Waals surface area contributed by atoms with Crippen molar-refractivity contribution in [3.63, 3.8) is 0 Å². The summed E-state index contributed by atoms with van der Waals surface area (Å²) in [6.45, 7) is 1.59. The number of carbonyl (C=O) groups is 2. The predicted octanol–water partition coefficient (Wildman–Crippen LogP) is 4.71. The van der Waals surface area contributed by atoms with Crippen molar-refractivity contribution in [1.29, 1.82) is 0 Å². The van der Waals surface area contributed by atoms with Gasteiger partial charge >= 0.3 is 0 Å². The lowest BCUT2D eigenvalue weighted by Gasteiger charge is -2.37. The number of benzene rings is 2. The van der Waals surface area contributed by atoms with Crippen molar-refractivity contribution in [2.24, 2.45) is 0 Å². The van der Waals surface area contributed by atoms with E-state index in [0.29, 0.717) is 19.8 Å². The Kier molecular flexibility index (Phi) is 7.63. The number of thiophene rings is 1. The molecule has 2 amide bonds. The van der Waals surface area contributed by atoms with Crippen LogP contribution in [0.5, 0.6) is 5.75 Å². The molecule has 0 saturated carbocycles. The Hall–Kier alpha value is -3.23. The second-order valence-corrected chi connectivity index (χ2v) is 10.1. The lowest BCUT2D eigenvalue weighted by molar-refractivity contribution is -0.135. The van der Waals surface area contributed by atoms with E-state index < -0.39 is 11.7 Å². The summed E-state index contributed by atoms with van der Waals surface area (Å²) < 4.78 is 26.3. The fourth-order valence-corrected chi connectivity index (χ4v) is 5.81. The zero-order valence-corrected chi connectivity index (χ0v) is 20.8. The molecule has 0 N–H and O–H groups in total. The molecule has 2 aliphatic heterocycles. The first-order valence-electron chi connectivity index (χ1n) is 12.3. The number of fused-ring (bicyclic) bond motifs is 1. The van der Waals surface area contributed by atoms with Crippen LogP contribution in [0, 0.1) is 5.82 Å². The van der Waals surface area contributed by atoms with Crippen LogP contribution in [0.1, 0.15) is 39.7 Å². The van der Waals surface area contributed by atoms with E-state index >= 15 is 0 Å². The summed E-state index contributed by atoms with van der Waals surface area (Å²) in [5.74, 6) is -0.539. The molecular weight excluding hydrogens is 479 g/mol. The third kappa shape index (κ3) is 5.44. The van der Waals surface area contributed by atoms with E-state index in [0.717, 1.165) is 30.6 Å². The molecule has 1 aromatic heterocycles. The van der Waals surface area contributed by atoms with Crippen molar-refractivity contribution in [3.05, 3.63) is 87.9 Å². The molecule has 188 valence electrons. The summed E-state index contributed by atoms with van der Waals surface area (Å²) in [4.78, 5) is 31.5. The number of rotatable bonds is 8. The Labute approximate surface area is 214 Å². The van der Waals surface area contributed by atoms with Gasteiger partial charge in [-0.1, -0.05) is 30.3 Å². The zero-order chi connectivity index (χ0) is 24.9. The molecule has 3 heterocycles. The fourth-order valence-electron chi connectivity index (χ4n) is 4.88. The summed E-state index contributed by atoms with van der Waals surface area (Å²) in [6.07, 6.45) is 2.32. The van der Waals surface area contributed by atoms with E-state index in [1.165, 1.54) is 21.9 Å². The van der Waals surface area contributed by atoms with Gasteiger partial charge in [-0.3, -0.25) is 9.59 Å². The molecule has 0 bridgehead atoms. The average molecular weight is 509 g/mol. The monoisotopic (exact) mass is 508 g/mol. The molecule has 0 unspecified atom stereocenters. The number of ether oxygens (including phenoxy) is 2. The number of para-hydroxylation sites is 1. The molecule has 8 heteroatoms. The van der Waals surface area contributed by atoms with Crippen molar-refractivity contribution in [2.75, 3.05) is 32.8 Å². The van der Waals surface area contributed by atoms with Crippen molar-refractivity contribution in [2.45, 2.75) is 31.4 Å². The second-order valence-electron chi connectivity index (χ2n) is 9.08. The van der Waals surface area contributed by atoms with Crippen LogP contribution in [0.2, 0.25) is 0 Å². The van der Waals surface area contributed by atoms with Gasteiger partial charge in [0.05, 0.1) is 17.7 Å². The largest absolute Gasteiger partial charge is 0.491 e. The van der Waals surface area contributed by atoms with E-state index in [1.54, 1.807) is 28.4 Å². The molecule has 2 aliphatic rings. The highest BCUT2D eigenvalue weighted by atomic mass is 32.1. The van der Waals surface area contributed by atoms with Crippen LogP contribution in [-0.2, 0) is 16.0 Å². The second kappa shape index (κ2) is 11.2. The smallest absolute Gasteiger partial charge is 0.257 e. The first kappa shape index (κ1) is 24.5. The number of amides is 2. The van der Waals surface area contributed by atoms with E-state index in [1.807, 2.05) is 41.8 Å². The van der Waals surface area contributed by atoms with Gasteiger partial charge < -0.3 is 19.3 Å². The Morgan fingerprint density at radius 2 is 1.92 bits per heavy atom. The van der Waals surface area contributed by atoms with Crippen LogP contribution in [0.4, 0.5) is 4.39 Å². The van der Waals surface area contributed by atoms with Gasteiger partial charge in [-0.05, 0) is 60.5 Å². The van der Waals surface area contributed by atoms with Crippen molar-refractivity contribution >= 4 is 23.2 Å². The molecule has 0 radical (unpaired) electrons. The number of halogens is 1. The number of nitrogens with zero attached hydrogens (tertiary/aromatic N) is 2. The topological polar surface area (TPSA) is 59.1 Å². The maximum Gasteiger partial charge on any atom is 0.257 e. The number of carbonyl (C=O) groups excluding carboxylic acids is 2. The van der Waals surface area contributed by atoms with Crippen molar-refractivity contribution in [3.8, 4) is 5.75 Å². The first-order valence-corrected chi connectivity index (χ1v) is 13.2. The lowest BCUT2D eigenvalue weighted by atomic mass is 10.00. The Morgan fingerprint density at radius 3 is 2.69 bits per heavy atom. The SMILES string of the molecule is O=C(c1ccccc1F)N(CC(=O)N1CCc2sccc2[C@H]1COc1ccccc1)C[C@@H]1CCCO1. The highest BCUT2D eigenvalue weighted by Crippen LogP contribution is 2.34. The van der Waals surface area contributed by atoms with Gasteiger partial charge in [-0.25, -0.2) is 4.39 Å². The van der Waals surface area contributed by atoms with Gasteiger partial charge in [0, 0.05) is 24.6 Å². The first-order chi connectivity index (χ1) is 17.6. The molecule has 2 aromatic carbocycles. The van der Waals surface area contributed by atoms with E-state index in [4.69, 9.17) is 9.47 Å². The molecule has 6 nitrogen and oxygen atoms in total. The van der Waals surface area contributed by atoms with Gasteiger partial charge in [0.25, 0.3) is 5.91 Å². The molecular formula is C28H29FN2O4S. The number of hydrogen-bond acceptors (Lipinski definition) is 5. The predicted molar refractivity (Wildman–Crippen MR) is 136 cm³/mol. The molecule has 3 aromatic rings. The van der Waals surface area contributed by atoms with Gasteiger partial charge in [-0.15, -0.1) is 11.3 Å². The summed E-state index contributed by atoms with van der Waals surface area (Å²) in [6, 6.07) is 17.2. The van der Waals surface area contributed by atoms with Crippen LogP contribution in [0.25, 0.3) is 0 Å². The average Bonchev–Trinajstić information content (AvgIpc) is 3.59. The van der Waals surface area contributed by atoms with Crippen LogP contribution < -0.4 is 4.74 Å². The van der Waals surface area contributed by atoms with E-state index in [9.17, 15) is 14.0 Å². The molecule has 1 fully saturated rings. The molecule has 0 spiro atoms. The molecule has 1 saturated heterocycles. The minimum absolute atomic E-state index is 0.0361. The fraction of sp³-hybridized carbons (Fsp3) is 0.357. The molecule has 36 heavy (non-hydrogen) atoms. The van der Waals surface area contributed by atoms with E-state index in [2.05, 4.69) is 0 Å². The summed E-state index contributed by atoms with van der Waals surface area (Å²) in [5, 5.41) is 2.04. The Balaban J connectivity index is 1.36. The van der Waals surface area contributed by atoms with Gasteiger partial charge in [0.1, 0.15) is 24.7 Å². The Morgan fingerprint density at radius 1 is 1.11 bits per heavy atom. The highest BCUT2D eigenvalue weighted by Gasteiger charge is 2.35.